The summed E-state index contributed by atoms with van der Waals surface area (Å²) in [5.74, 6) is -1.56. The van der Waals surface area contributed by atoms with Crippen molar-refractivity contribution in [3.05, 3.63) is 101 Å². The molecule has 4 rings (SSSR count). The zero-order valence-electron chi connectivity index (χ0n) is 16.2. The van der Waals surface area contributed by atoms with Crippen molar-refractivity contribution in [2.75, 3.05) is 4.90 Å². The molecule has 1 aliphatic heterocycles. The molecule has 1 aromatic heterocycles. The van der Waals surface area contributed by atoms with Crippen molar-refractivity contribution in [1.82, 2.24) is 4.98 Å². The fraction of sp³-hybridized carbons (Fsp3) is 0.125. The van der Waals surface area contributed by atoms with Gasteiger partial charge in [0, 0.05) is 23.6 Å². The van der Waals surface area contributed by atoms with Crippen LogP contribution in [0.5, 0.6) is 0 Å². The van der Waals surface area contributed by atoms with Gasteiger partial charge in [-0.2, -0.15) is 0 Å². The van der Waals surface area contributed by atoms with Gasteiger partial charge in [0.15, 0.2) is 0 Å². The molecule has 0 spiro atoms. The number of benzene rings is 2. The van der Waals surface area contributed by atoms with Crippen LogP contribution < -0.4 is 4.90 Å². The van der Waals surface area contributed by atoms with Gasteiger partial charge >= 0.3 is 0 Å². The summed E-state index contributed by atoms with van der Waals surface area (Å²) in [6.45, 7) is 3.82. The number of aliphatic hydroxyl groups excluding tert-OH is 1. The minimum absolute atomic E-state index is 0.0649. The summed E-state index contributed by atoms with van der Waals surface area (Å²) >= 11 is 0. The highest BCUT2D eigenvalue weighted by Gasteiger charge is 2.47. The summed E-state index contributed by atoms with van der Waals surface area (Å²) in [4.78, 5) is 31.7. The fourth-order valence-corrected chi connectivity index (χ4v) is 3.63. The minimum Gasteiger partial charge on any atom is -0.507 e. The molecule has 2 heterocycles. The van der Waals surface area contributed by atoms with Crippen LogP contribution in [0, 0.1) is 13.8 Å². The molecule has 0 radical (unpaired) electrons. The molecular formula is C24H20N2O3. The molecule has 1 fully saturated rings. The molecule has 3 aromatic rings. The van der Waals surface area contributed by atoms with Gasteiger partial charge in [0.2, 0.25) is 0 Å². The van der Waals surface area contributed by atoms with Gasteiger partial charge in [0.1, 0.15) is 5.76 Å². The maximum absolute atomic E-state index is 13.1. The van der Waals surface area contributed by atoms with Crippen LogP contribution in [0.3, 0.4) is 0 Å². The Morgan fingerprint density at radius 3 is 2.34 bits per heavy atom. The van der Waals surface area contributed by atoms with Gasteiger partial charge in [0.05, 0.1) is 11.6 Å². The van der Waals surface area contributed by atoms with Gasteiger partial charge in [-0.1, -0.05) is 54.1 Å². The predicted molar refractivity (Wildman–Crippen MR) is 111 cm³/mol. The Balaban J connectivity index is 1.96. The molecule has 1 amide bonds. The number of ketones is 1. The van der Waals surface area contributed by atoms with Crippen LogP contribution in [0.4, 0.5) is 5.69 Å². The molecule has 5 heteroatoms. The number of Topliss-reactive ketones (excluding diaryl/α,β-unsaturated/α-hetero) is 1. The van der Waals surface area contributed by atoms with Crippen molar-refractivity contribution in [1.29, 1.82) is 0 Å². The van der Waals surface area contributed by atoms with E-state index in [-0.39, 0.29) is 11.3 Å². The Bertz CT molecular complexity index is 1120. The van der Waals surface area contributed by atoms with E-state index in [0.29, 0.717) is 16.8 Å². The second-order valence-electron chi connectivity index (χ2n) is 7.11. The predicted octanol–water partition coefficient (Wildman–Crippen LogP) is 4.32. The molecule has 5 nitrogen and oxygen atoms in total. The van der Waals surface area contributed by atoms with Gasteiger partial charge < -0.3 is 5.11 Å². The number of anilines is 1. The van der Waals surface area contributed by atoms with Crippen LogP contribution in [0.1, 0.15) is 28.3 Å². The Hall–Kier alpha value is -3.73. The third kappa shape index (κ3) is 3.21. The smallest absolute Gasteiger partial charge is 0.300 e. The number of aryl methyl sites for hydroxylation is 2. The summed E-state index contributed by atoms with van der Waals surface area (Å²) in [6, 6.07) is 17.4. The zero-order chi connectivity index (χ0) is 20.5. The van der Waals surface area contributed by atoms with Crippen molar-refractivity contribution in [2.45, 2.75) is 19.9 Å². The number of para-hydroxylation sites is 1. The van der Waals surface area contributed by atoms with E-state index in [2.05, 4.69) is 4.98 Å². The highest BCUT2D eigenvalue weighted by Crippen LogP contribution is 2.42. The van der Waals surface area contributed by atoms with Crippen LogP contribution >= 0.6 is 0 Å². The molecule has 1 unspecified atom stereocenters. The number of hydrogen-bond acceptors (Lipinski definition) is 4. The van der Waals surface area contributed by atoms with E-state index in [0.717, 1.165) is 11.1 Å². The molecule has 144 valence electrons. The van der Waals surface area contributed by atoms with E-state index in [1.165, 1.54) is 4.90 Å². The fourth-order valence-electron chi connectivity index (χ4n) is 3.63. The highest BCUT2D eigenvalue weighted by atomic mass is 16.3. The van der Waals surface area contributed by atoms with Crippen LogP contribution in [-0.2, 0) is 9.59 Å². The molecule has 1 atom stereocenters. The summed E-state index contributed by atoms with van der Waals surface area (Å²) in [5.41, 5.74) is 3.74. The third-order valence-electron chi connectivity index (χ3n) is 5.14. The topological polar surface area (TPSA) is 70.5 Å². The van der Waals surface area contributed by atoms with E-state index in [4.69, 9.17) is 0 Å². The maximum atomic E-state index is 13.1. The SMILES string of the molecule is Cc1ccc(/C(O)=C2\C(=O)C(=O)N(c3ccccc3C)C2c2cccnc2)cc1. The summed E-state index contributed by atoms with van der Waals surface area (Å²) in [6.07, 6.45) is 3.24. The zero-order valence-corrected chi connectivity index (χ0v) is 16.2. The first kappa shape index (κ1) is 18.6. The van der Waals surface area contributed by atoms with E-state index in [9.17, 15) is 14.7 Å². The second-order valence-corrected chi connectivity index (χ2v) is 7.11. The van der Waals surface area contributed by atoms with Crippen molar-refractivity contribution in [2.24, 2.45) is 0 Å². The molecule has 1 N–H and O–H groups in total. The highest BCUT2D eigenvalue weighted by molar-refractivity contribution is 6.51. The number of carbonyl (C=O) groups is 2. The lowest BCUT2D eigenvalue weighted by Crippen LogP contribution is -2.30. The monoisotopic (exact) mass is 384 g/mol. The number of carbonyl (C=O) groups excluding carboxylic acids is 2. The number of nitrogens with zero attached hydrogens (tertiary/aromatic N) is 2. The van der Waals surface area contributed by atoms with Crippen LogP contribution in [0.25, 0.3) is 5.76 Å². The first-order valence-corrected chi connectivity index (χ1v) is 9.32. The molecular weight excluding hydrogens is 364 g/mol. The summed E-state index contributed by atoms with van der Waals surface area (Å²) < 4.78 is 0. The standard InChI is InChI=1S/C24H20N2O3/c1-15-9-11-17(12-10-15)22(27)20-21(18-7-5-13-25-14-18)26(24(29)23(20)28)19-8-4-3-6-16(19)2/h3-14,21,27H,1-2H3/b22-20+. The average Bonchev–Trinajstić information content (AvgIpc) is 3.00. The number of aliphatic hydroxyl groups is 1. The maximum Gasteiger partial charge on any atom is 0.300 e. The molecule has 0 saturated carbocycles. The van der Waals surface area contributed by atoms with E-state index < -0.39 is 17.7 Å². The largest absolute Gasteiger partial charge is 0.507 e. The number of rotatable bonds is 3. The van der Waals surface area contributed by atoms with Crippen molar-refractivity contribution >= 4 is 23.1 Å². The van der Waals surface area contributed by atoms with Gasteiger partial charge in [-0.15, -0.1) is 0 Å². The lowest BCUT2D eigenvalue weighted by atomic mass is 9.95. The molecule has 1 saturated heterocycles. The summed E-state index contributed by atoms with van der Waals surface area (Å²) in [5, 5.41) is 11.0. The van der Waals surface area contributed by atoms with Crippen molar-refractivity contribution in [3.8, 4) is 0 Å². The van der Waals surface area contributed by atoms with Gasteiger partial charge in [-0.3, -0.25) is 19.5 Å². The molecule has 29 heavy (non-hydrogen) atoms. The molecule has 1 aliphatic rings. The van der Waals surface area contributed by atoms with Gasteiger partial charge in [-0.05, 0) is 37.1 Å². The van der Waals surface area contributed by atoms with E-state index in [1.54, 1.807) is 42.7 Å². The van der Waals surface area contributed by atoms with E-state index >= 15 is 0 Å². The first-order valence-electron chi connectivity index (χ1n) is 9.32. The Labute approximate surface area is 169 Å². The van der Waals surface area contributed by atoms with Crippen LogP contribution in [0.2, 0.25) is 0 Å². The number of amides is 1. The van der Waals surface area contributed by atoms with Crippen LogP contribution in [0.15, 0.2) is 78.6 Å². The Kier molecular flexibility index (Phi) is 4.72. The summed E-state index contributed by atoms with van der Waals surface area (Å²) in [7, 11) is 0. The lowest BCUT2D eigenvalue weighted by molar-refractivity contribution is -0.132. The molecule has 0 aliphatic carbocycles. The third-order valence-corrected chi connectivity index (χ3v) is 5.14. The normalized spacial score (nSPS) is 18.3. The minimum atomic E-state index is -0.758. The van der Waals surface area contributed by atoms with Crippen molar-refractivity contribution < 1.29 is 14.7 Å². The number of pyridine rings is 1. The Morgan fingerprint density at radius 1 is 0.966 bits per heavy atom. The van der Waals surface area contributed by atoms with E-state index in [1.807, 2.05) is 44.2 Å². The Morgan fingerprint density at radius 2 is 1.69 bits per heavy atom. The first-order chi connectivity index (χ1) is 14.0. The quantitative estimate of drug-likeness (QED) is 0.415. The van der Waals surface area contributed by atoms with Gasteiger partial charge in [0.25, 0.3) is 11.7 Å². The average molecular weight is 384 g/mol. The van der Waals surface area contributed by atoms with Gasteiger partial charge in [-0.25, -0.2) is 0 Å². The molecule has 2 aromatic carbocycles. The number of aromatic nitrogens is 1. The van der Waals surface area contributed by atoms with Crippen LogP contribution in [-0.4, -0.2) is 21.8 Å². The number of hydrogen-bond donors (Lipinski definition) is 1. The second kappa shape index (κ2) is 7.36. The molecule has 0 bridgehead atoms. The lowest BCUT2D eigenvalue weighted by Gasteiger charge is -2.26. The van der Waals surface area contributed by atoms with Crippen molar-refractivity contribution in [3.63, 3.8) is 0 Å².